The minimum Gasteiger partial charge on any atom is -0.461 e. The molecule has 0 spiro atoms. The van der Waals surface area contributed by atoms with Gasteiger partial charge in [-0.1, -0.05) is 71.5 Å². The van der Waals surface area contributed by atoms with Crippen LogP contribution in [0.3, 0.4) is 0 Å². The zero-order chi connectivity index (χ0) is 21.0. The first kappa shape index (κ1) is 19.3. The Morgan fingerprint density at radius 3 is 2.58 bits per heavy atom. The van der Waals surface area contributed by atoms with E-state index in [2.05, 4.69) is 32.5 Å². The molecule has 0 aliphatic heterocycles. The second-order valence-electron chi connectivity index (χ2n) is 6.97. The average molecular weight is 430 g/mol. The quantitative estimate of drug-likeness (QED) is 0.327. The molecule has 3 aromatic heterocycles. The van der Waals surface area contributed by atoms with Gasteiger partial charge in [0.25, 0.3) is 0 Å². The van der Waals surface area contributed by atoms with Gasteiger partial charge in [0.15, 0.2) is 10.9 Å². The summed E-state index contributed by atoms with van der Waals surface area (Å²) in [6, 6.07) is 21.9. The first-order valence-corrected chi connectivity index (χ1v) is 10.8. The predicted octanol–water partition coefficient (Wildman–Crippen LogP) is 5.24. The number of aromatic nitrogens is 5. The van der Waals surface area contributed by atoms with Crippen LogP contribution in [-0.2, 0) is 12.3 Å². The van der Waals surface area contributed by atoms with Gasteiger partial charge in [0.2, 0.25) is 17.5 Å². The van der Waals surface area contributed by atoms with Gasteiger partial charge in [-0.3, -0.25) is 4.57 Å². The van der Waals surface area contributed by atoms with E-state index >= 15 is 0 Å². The van der Waals surface area contributed by atoms with Crippen molar-refractivity contribution >= 4 is 11.8 Å². The minimum atomic E-state index is 0.490. The summed E-state index contributed by atoms with van der Waals surface area (Å²) in [5, 5.41) is 13.6. The number of thioether (sulfide) groups is 1. The predicted molar refractivity (Wildman–Crippen MR) is 117 cm³/mol. The average Bonchev–Trinajstić information content (AvgIpc) is 3.55. The third kappa shape index (κ3) is 4.15. The standard InChI is InChI=1S/C23H19N5O2S/c1-16-8-5-6-11-18(16)21-24-20(30-27-21)15-31-23-26-25-22(19-12-7-13-29-19)28(23)14-17-9-3-2-4-10-17/h2-13H,14-15H2,1H3. The summed E-state index contributed by atoms with van der Waals surface area (Å²) in [5.41, 5.74) is 3.22. The molecule has 0 N–H and O–H groups in total. The molecule has 154 valence electrons. The van der Waals surface area contributed by atoms with Crippen molar-refractivity contribution in [3.8, 4) is 23.0 Å². The molecule has 0 amide bonds. The Kier molecular flexibility index (Phi) is 5.37. The van der Waals surface area contributed by atoms with Crippen molar-refractivity contribution in [2.24, 2.45) is 0 Å². The Hall–Kier alpha value is -3.65. The van der Waals surface area contributed by atoms with Crippen molar-refractivity contribution in [2.75, 3.05) is 0 Å². The maximum Gasteiger partial charge on any atom is 0.237 e. The van der Waals surface area contributed by atoms with Gasteiger partial charge in [-0.2, -0.15) is 4.98 Å². The van der Waals surface area contributed by atoms with E-state index in [4.69, 9.17) is 8.94 Å². The second-order valence-corrected chi connectivity index (χ2v) is 7.91. The molecule has 31 heavy (non-hydrogen) atoms. The molecular weight excluding hydrogens is 410 g/mol. The number of rotatable bonds is 7. The first-order chi connectivity index (χ1) is 15.3. The van der Waals surface area contributed by atoms with Crippen LogP contribution in [0, 0.1) is 6.92 Å². The SMILES string of the molecule is Cc1ccccc1-c1noc(CSc2nnc(-c3ccco3)n2Cc2ccccc2)n1. The van der Waals surface area contributed by atoms with Gasteiger partial charge >= 0.3 is 0 Å². The molecule has 0 aliphatic rings. The zero-order valence-electron chi connectivity index (χ0n) is 16.8. The van der Waals surface area contributed by atoms with Crippen LogP contribution >= 0.6 is 11.8 Å². The number of hydrogen-bond donors (Lipinski definition) is 0. The highest BCUT2D eigenvalue weighted by Crippen LogP contribution is 2.28. The zero-order valence-corrected chi connectivity index (χ0v) is 17.6. The smallest absolute Gasteiger partial charge is 0.237 e. The summed E-state index contributed by atoms with van der Waals surface area (Å²) < 4.78 is 13.1. The summed E-state index contributed by atoms with van der Waals surface area (Å²) in [4.78, 5) is 4.55. The maximum atomic E-state index is 5.56. The van der Waals surface area contributed by atoms with Gasteiger partial charge in [0, 0.05) is 5.56 Å². The number of aryl methyl sites for hydroxylation is 1. The molecule has 0 atom stereocenters. The van der Waals surface area contributed by atoms with Crippen molar-refractivity contribution in [2.45, 2.75) is 24.4 Å². The third-order valence-corrected chi connectivity index (χ3v) is 5.77. The fraction of sp³-hybridized carbons (Fsp3) is 0.130. The summed E-state index contributed by atoms with van der Waals surface area (Å²) in [7, 11) is 0. The Morgan fingerprint density at radius 2 is 1.77 bits per heavy atom. The van der Waals surface area contributed by atoms with Crippen LogP contribution in [0.5, 0.6) is 0 Å². The third-order valence-electron chi connectivity index (χ3n) is 4.82. The van der Waals surface area contributed by atoms with Crippen LogP contribution in [0.15, 0.2) is 87.1 Å². The van der Waals surface area contributed by atoms with Gasteiger partial charge in [-0.25, -0.2) is 0 Å². The van der Waals surface area contributed by atoms with E-state index in [-0.39, 0.29) is 0 Å². The molecular formula is C23H19N5O2S. The van der Waals surface area contributed by atoms with Crippen LogP contribution in [0.1, 0.15) is 17.0 Å². The van der Waals surface area contributed by atoms with Gasteiger partial charge in [0.1, 0.15) is 0 Å². The maximum absolute atomic E-state index is 5.56. The molecule has 7 nitrogen and oxygen atoms in total. The van der Waals surface area contributed by atoms with Crippen molar-refractivity contribution in [3.63, 3.8) is 0 Å². The molecule has 8 heteroatoms. The van der Waals surface area contributed by atoms with Crippen LogP contribution in [0.2, 0.25) is 0 Å². The lowest BCUT2D eigenvalue weighted by Gasteiger charge is -2.08. The number of nitrogens with zero attached hydrogens (tertiary/aromatic N) is 5. The van der Waals surface area contributed by atoms with Crippen LogP contribution in [-0.4, -0.2) is 24.9 Å². The van der Waals surface area contributed by atoms with Crippen LogP contribution in [0.4, 0.5) is 0 Å². The Balaban J connectivity index is 1.39. The Bertz CT molecular complexity index is 1280. The molecule has 0 radical (unpaired) electrons. The molecule has 0 fully saturated rings. The van der Waals surface area contributed by atoms with Crippen LogP contribution < -0.4 is 0 Å². The molecule has 3 heterocycles. The van der Waals surface area contributed by atoms with E-state index in [0.717, 1.165) is 21.8 Å². The largest absolute Gasteiger partial charge is 0.461 e. The highest BCUT2D eigenvalue weighted by molar-refractivity contribution is 7.98. The highest BCUT2D eigenvalue weighted by Gasteiger charge is 2.18. The van der Waals surface area contributed by atoms with Crippen molar-refractivity contribution in [1.29, 1.82) is 0 Å². The van der Waals surface area contributed by atoms with Gasteiger partial charge in [0.05, 0.1) is 18.6 Å². The van der Waals surface area contributed by atoms with Crippen LogP contribution in [0.25, 0.3) is 23.0 Å². The van der Waals surface area contributed by atoms with E-state index < -0.39 is 0 Å². The lowest BCUT2D eigenvalue weighted by Crippen LogP contribution is -2.04. The molecule has 5 aromatic rings. The first-order valence-electron chi connectivity index (χ1n) is 9.80. The van der Waals surface area contributed by atoms with E-state index in [0.29, 0.717) is 35.6 Å². The molecule has 5 rings (SSSR count). The Labute approximate surface area is 183 Å². The molecule has 0 unspecified atom stereocenters. The summed E-state index contributed by atoms with van der Waals surface area (Å²) in [6.07, 6.45) is 1.63. The normalized spacial score (nSPS) is 11.1. The fourth-order valence-electron chi connectivity index (χ4n) is 3.27. The van der Waals surface area contributed by atoms with E-state index in [1.807, 2.05) is 66.1 Å². The highest BCUT2D eigenvalue weighted by atomic mass is 32.2. The number of hydrogen-bond acceptors (Lipinski definition) is 7. The summed E-state index contributed by atoms with van der Waals surface area (Å²) in [6.45, 7) is 2.66. The summed E-state index contributed by atoms with van der Waals surface area (Å²) in [5.74, 6) is 2.98. The minimum absolute atomic E-state index is 0.490. The molecule has 0 saturated carbocycles. The van der Waals surface area contributed by atoms with E-state index in [1.54, 1.807) is 6.26 Å². The van der Waals surface area contributed by atoms with E-state index in [9.17, 15) is 0 Å². The van der Waals surface area contributed by atoms with Crippen molar-refractivity contribution < 1.29 is 8.94 Å². The molecule has 0 aliphatic carbocycles. The van der Waals surface area contributed by atoms with Gasteiger partial charge in [-0.15, -0.1) is 10.2 Å². The lowest BCUT2D eigenvalue weighted by atomic mass is 10.1. The monoisotopic (exact) mass is 429 g/mol. The molecule has 0 bridgehead atoms. The molecule has 2 aromatic carbocycles. The van der Waals surface area contributed by atoms with Crippen molar-refractivity contribution in [1.82, 2.24) is 24.9 Å². The van der Waals surface area contributed by atoms with Crippen molar-refractivity contribution in [3.05, 3.63) is 90.0 Å². The molecule has 0 saturated heterocycles. The fourth-order valence-corrected chi connectivity index (χ4v) is 4.04. The lowest BCUT2D eigenvalue weighted by molar-refractivity contribution is 0.391. The van der Waals surface area contributed by atoms with Gasteiger partial charge in [-0.05, 0) is 30.2 Å². The summed E-state index contributed by atoms with van der Waals surface area (Å²) >= 11 is 1.50. The number of furan rings is 1. The van der Waals surface area contributed by atoms with E-state index in [1.165, 1.54) is 11.8 Å². The topological polar surface area (TPSA) is 82.8 Å². The Morgan fingerprint density at radius 1 is 0.935 bits per heavy atom. The number of benzene rings is 2. The second kappa shape index (κ2) is 8.61. The van der Waals surface area contributed by atoms with Gasteiger partial charge < -0.3 is 8.94 Å².